The molecule has 0 aromatic heterocycles. The first kappa shape index (κ1) is 16.3. The summed E-state index contributed by atoms with van der Waals surface area (Å²) in [5.41, 5.74) is 1.68. The predicted molar refractivity (Wildman–Crippen MR) is 93.3 cm³/mol. The van der Waals surface area contributed by atoms with Crippen molar-refractivity contribution in [3.05, 3.63) is 71.2 Å². The quantitative estimate of drug-likeness (QED) is 0.755. The van der Waals surface area contributed by atoms with Gasteiger partial charge in [0.05, 0.1) is 17.5 Å². The third kappa shape index (κ3) is 3.98. The van der Waals surface area contributed by atoms with Crippen LogP contribution in [-0.4, -0.2) is 13.0 Å². The van der Waals surface area contributed by atoms with Crippen LogP contribution in [0.5, 0.6) is 5.75 Å². The number of hydrogen-bond donors (Lipinski definition) is 1. The Morgan fingerprint density at radius 2 is 2.05 bits per heavy atom. The van der Waals surface area contributed by atoms with E-state index in [0.29, 0.717) is 17.9 Å². The molecule has 0 aliphatic heterocycles. The number of nitrogens with one attached hydrogen (secondary N) is 1. The van der Waals surface area contributed by atoms with Crippen LogP contribution in [-0.2, 0) is 4.79 Å². The number of allylic oxidation sites excluding steroid dienone is 1. The van der Waals surface area contributed by atoms with Gasteiger partial charge in [0.1, 0.15) is 5.75 Å². The Morgan fingerprint density at radius 3 is 2.68 bits per heavy atom. The van der Waals surface area contributed by atoms with Gasteiger partial charge in [-0.15, -0.1) is 6.58 Å². The number of anilines is 1. The molecule has 0 aliphatic carbocycles. The summed E-state index contributed by atoms with van der Waals surface area (Å²) < 4.78 is 6.09. The Hall–Kier alpha value is -2.07. The Labute approximate surface area is 139 Å². The lowest BCUT2D eigenvalue weighted by Crippen LogP contribution is -2.20. The van der Waals surface area contributed by atoms with E-state index in [-0.39, 0.29) is 11.8 Å². The second kappa shape index (κ2) is 7.80. The minimum atomic E-state index is -0.256. The molecule has 1 atom stereocenters. The van der Waals surface area contributed by atoms with Crippen molar-refractivity contribution in [2.75, 3.05) is 12.4 Å². The van der Waals surface area contributed by atoms with Crippen molar-refractivity contribution in [3.8, 4) is 5.75 Å². The van der Waals surface area contributed by atoms with Crippen molar-refractivity contribution in [3.63, 3.8) is 0 Å². The van der Waals surface area contributed by atoms with E-state index in [0.717, 1.165) is 10.0 Å². The van der Waals surface area contributed by atoms with Gasteiger partial charge in [-0.2, -0.15) is 0 Å². The number of amides is 1. The van der Waals surface area contributed by atoms with Crippen molar-refractivity contribution >= 4 is 27.5 Å². The van der Waals surface area contributed by atoms with Crippen LogP contribution < -0.4 is 10.1 Å². The van der Waals surface area contributed by atoms with Gasteiger partial charge in [-0.05, 0) is 40.0 Å². The molecule has 114 valence electrons. The summed E-state index contributed by atoms with van der Waals surface area (Å²) in [5, 5.41) is 2.94. The Balaban J connectivity index is 2.20. The maximum Gasteiger partial charge on any atom is 0.232 e. The highest BCUT2D eigenvalue weighted by Gasteiger charge is 2.19. The summed E-state index contributed by atoms with van der Waals surface area (Å²) in [6, 6.07) is 15.2. The number of carbonyl (C=O) groups excluding carboxylic acids is 1. The highest BCUT2D eigenvalue weighted by atomic mass is 79.9. The molecule has 0 saturated heterocycles. The molecule has 1 N–H and O–H groups in total. The van der Waals surface area contributed by atoms with Gasteiger partial charge < -0.3 is 10.1 Å². The minimum absolute atomic E-state index is 0.0597. The molecule has 2 rings (SSSR count). The maximum atomic E-state index is 12.6. The molecular weight excluding hydrogens is 342 g/mol. The first-order valence-electron chi connectivity index (χ1n) is 6.96. The molecule has 1 amide bonds. The van der Waals surface area contributed by atoms with E-state index in [1.807, 2.05) is 42.5 Å². The van der Waals surface area contributed by atoms with Crippen molar-refractivity contribution < 1.29 is 9.53 Å². The molecule has 0 fully saturated rings. The standard InChI is InChI=1S/C18H18BrNO2/c1-3-7-15(13-8-5-4-6-9-13)18(21)20-14-10-11-16(19)17(12-14)22-2/h3-6,8-12,15H,1,7H2,2H3,(H,20,21)/t15-/m0/s1. The summed E-state index contributed by atoms with van der Waals surface area (Å²) in [4.78, 5) is 12.6. The van der Waals surface area contributed by atoms with Gasteiger partial charge in [0.15, 0.2) is 0 Å². The van der Waals surface area contributed by atoms with Gasteiger partial charge in [0, 0.05) is 11.8 Å². The van der Waals surface area contributed by atoms with Crippen molar-refractivity contribution in [1.82, 2.24) is 0 Å². The molecule has 0 heterocycles. The van der Waals surface area contributed by atoms with E-state index < -0.39 is 0 Å². The molecule has 0 radical (unpaired) electrons. The third-order valence-electron chi connectivity index (χ3n) is 3.34. The van der Waals surface area contributed by atoms with E-state index in [4.69, 9.17) is 4.74 Å². The number of halogens is 1. The van der Waals surface area contributed by atoms with Gasteiger partial charge in [-0.1, -0.05) is 36.4 Å². The van der Waals surface area contributed by atoms with Crippen LogP contribution in [0.2, 0.25) is 0 Å². The SMILES string of the molecule is C=CC[C@H](C(=O)Nc1ccc(Br)c(OC)c1)c1ccccc1. The van der Waals surface area contributed by atoms with E-state index >= 15 is 0 Å². The number of methoxy groups -OCH3 is 1. The monoisotopic (exact) mass is 359 g/mol. The molecular formula is C18H18BrNO2. The second-order valence-corrected chi connectivity index (χ2v) is 5.68. The van der Waals surface area contributed by atoms with Crippen LogP contribution in [0.1, 0.15) is 17.9 Å². The fraction of sp³-hybridized carbons (Fsp3) is 0.167. The fourth-order valence-corrected chi connectivity index (χ4v) is 2.62. The van der Waals surface area contributed by atoms with Gasteiger partial charge in [-0.3, -0.25) is 4.79 Å². The highest BCUT2D eigenvalue weighted by molar-refractivity contribution is 9.10. The third-order valence-corrected chi connectivity index (χ3v) is 3.99. The molecule has 0 bridgehead atoms. The average molecular weight is 360 g/mol. The van der Waals surface area contributed by atoms with Gasteiger partial charge in [0.25, 0.3) is 0 Å². The normalized spacial score (nSPS) is 11.5. The van der Waals surface area contributed by atoms with Gasteiger partial charge >= 0.3 is 0 Å². The van der Waals surface area contributed by atoms with E-state index in [9.17, 15) is 4.79 Å². The minimum Gasteiger partial charge on any atom is -0.495 e. The zero-order chi connectivity index (χ0) is 15.9. The first-order chi connectivity index (χ1) is 10.7. The van der Waals surface area contributed by atoms with E-state index in [1.54, 1.807) is 19.3 Å². The summed E-state index contributed by atoms with van der Waals surface area (Å²) in [5.74, 6) is 0.363. The summed E-state index contributed by atoms with van der Waals surface area (Å²) >= 11 is 3.40. The molecule has 2 aromatic rings. The number of hydrogen-bond acceptors (Lipinski definition) is 2. The lowest BCUT2D eigenvalue weighted by molar-refractivity contribution is -0.117. The van der Waals surface area contributed by atoms with Crippen molar-refractivity contribution in [1.29, 1.82) is 0 Å². The van der Waals surface area contributed by atoms with Crippen LogP contribution >= 0.6 is 15.9 Å². The number of benzene rings is 2. The molecule has 3 nitrogen and oxygen atoms in total. The van der Waals surface area contributed by atoms with Crippen LogP contribution in [0.4, 0.5) is 5.69 Å². The van der Waals surface area contributed by atoms with Crippen molar-refractivity contribution in [2.24, 2.45) is 0 Å². The molecule has 4 heteroatoms. The molecule has 2 aromatic carbocycles. The van der Waals surface area contributed by atoms with E-state index in [2.05, 4.69) is 27.8 Å². The lowest BCUT2D eigenvalue weighted by Gasteiger charge is -2.16. The largest absolute Gasteiger partial charge is 0.495 e. The summed E-state index contributed by atoms with van der Waals surface area (Å²) in [6.07, 6.45) is 2.35. The topological polar surface area (TPSA) is 38.3 Å². The first-order valence-corrected chi connectivity index (χ1v) is 7.75. The Kier molecular flexibility index (Phi) is 5.78. The molecule has 0 unspecified atom stereocenters. The molecule has 0 aliphatic rings. The van der Waals surface area contributed by atoms with Crippen LogP contribution in [0.3, 0.4) is 0 Å². The second-order valence-electron chi connectivity index (χ2n) is 4.83. The summed E-state index contributed by atoms with van der Waals surface area (Å²) in [6.45, 7) is 3.75. The molecule has 0 saturated carbocycles. The molecule has 22 heavy (non-hydrogen) atoms. The number of rotatable bonds is 6. The smallest absolute Gasteiger partial charge is 0.232 e. The predicted octanol–water partition coefficient (Wildman–Crippen LogP) is 4.76. The van der Waals surface area contributed by atoms with Gasteiger partial charge in [-0.25, -0.2) is 0 Å². The maximum absolute atomic E-state index is 12.6. The lowest BCUT2D eigenvalue weighted by atomic mass is 9.95. The zero-order valence-electron chi connectivity index (χ0n) is 12.4. The Bertz CT molecular complexity index is 655. The van der Waals surface area contributed by atoms with Crippen LogP contribution in [0, 0.1) is 0 Å². The van der Waals surface area contributed by atoms with Gasteiger partial charge in [0.2, 0.25) is 5.91 Å². The van der Waals surface area contributed by atoms with Crippen LogP contribution in [0.15, 0.2) is 65.7 Å². The average Bonchev–Trinajstić information content (AvgIpc) is 2.55. The highest BCUT2D eigenvalue weighted by Crippen LogP contribution is 2.29. The van der Waals surface area contributed by atoms with Crippen LogP contribution in [0.25, 0.3) is 0 Å². The summed E-state index contributed by atoms with van der Waals surface area (Å²) in [7, 11) is 1.59. The fourth-order valence-electron chi connectivity index (χ4n) is 2.21. The zero-order valence-corrected chi connectivity index (χ0v) is 14.0. The number of carbonyl (C=O) groups is 1. The number of ether oxygens (including phenoxy) is 1. The van der Waals surface area contributed by atoms with E-state index in [1.165, 1.54) is 0 Å². The molecule has 0 spiro atoms. The van der Waals surface area contributed by atoms with Crippen molar-refractivity contribution in [2.45, 2.75) is 12.3 Å². The Morgan fingerprint density at radius 1 is 1.32 bits per heavy atom.